The molecule has 0 bridgehead atoms. The third kappa shape index (κ3) is 3.59. The van der Waals surface area contributed by atoms with Gasteiger partial charge in [-0.1, -0.05) is 60.2 Å². The molecule has 0 aliphatic carbocycles. The molecule has 0 radical (unpaired) electrons. The third-order valence-electron chi connectivity index (χ3n) is 5.28. The third-order valence-corrected chi connectivity index (χ3v) is 5.28. The summed E-state index contributed by atoms with van der Waals surface area (Å²) in [6.07, 6.45) is 0. The number of carbonyl (C=O) groups excluding carboxylic acids is 2. The molecule has 3 amide bonds. The highest BCUT2D eigenvalue weighted by molar-refractivity contribution is 6.07. The molecule has 29 heavy (non-hydrogen) atoms. The van der Waals surface area contributed by atoms with Crippen molar-refractivity contribution in [2.24, 2.45) is 0 Å². The summed E-state index contributed by atoms with van der Waals surface area (Å²) in [5.74, 6) is -0.236. The number of benzene rings is 3. The van der Waals surface area contributed by atoms with Gasteiger partial charge in [0.05, 0.1) is 11.6 Å². The van der Waals surface area contributed by atoms with Gasteiger partial charge in [0.25, 0.3) is 5.91 Å². The Kier molecular flexibility index (Phi) is 4.80. The van der Waals surface area contributed by atoms with Crippen molar-refractivity contribution in [3.8, 4) is 0 Å². The molecule has 0 aromatic heterocycles. The van der Waals surface area contributed by atoms with Gasteiger partial charge in [-0.2, -0.15) is 0 Å². The van der Waals surface area contributed by atoms with Crippen LogP contribution in [0.4, 0.5) is 10.5 Å². The monoisotopic (exact) mass is 385 g/mol. The van der Waals surface area contributed by atoms with Crippen LogP contribution in [-0.4, -0.2) is 11.9 Å². The molecule has 0 saturated carbocycles. The van der Waals surface area contributed by atoms with E-state index in [-0.39, 0.29) is 11.9 Å². The van der Waals surface area contributed by atoms with Crippen LogP contribution in [0.3, 0.4) is 0 Å². The van der Waals surface area contributed by atoms with Gasteiger partial charge in [0.15, 0.2) is 0 Å². The van der Waals surface area contributed by atoms with Crippen LogP contribution in [0.25, 0.3) is 10.8 Å². The second-order valence-electron chi connectivity index (χ2n) is 7.41. The van der Waals surface area contributed by atoms with Crippen LogP contribution in [0.1, 0.15) is 29.7 Å². The molecule has 0 spiro atoms. The lowest BCUT2D eigenvalue weighted by Crippen LogP contribution is -2.46. The van der Waals surface area contributed by atoms with E-state index in [1.807, 2.05) is 74.5 Å². The Balaban J connectivity index is 1.77. The number of carbonyl (C=O) groups is 2. The van der Waals surface area contributed by atoms with E-state index in [9.17, 15) is 9.59 Å². The first-order valence-corrected chi connectivity index (χ1v) is 9.58. The average molecular weight is 385 g/mol. The number of amides is 3. The molecule has 4 rings (SSSR count). The number of anilines is 1. The lowest BCUT2D eigenvalue weighted by Gasteiger charge is -2.29. The second kappa shape index (κ2) is 7.43. The lowest BCUT2D eigenvalue weighted by atomic mass is 9.91. The quantitative estimate of drug-likeness (QED) is 0.610. The fourth-order valence-corrected chi connectivity index (χ4v) is 3.87. The number of hydrogen-bond acceptors (Lipinski definition) is 2. The topological polar surface area (TPSA) is 70.2 Å². The van der Waals surface area contributed by atoms with Gasteiger partial charge in [-0.05, 0) is 48.7 Å². The van der Waals surface area contributed by atoms with Crippen LogP contribution in [0, 0.1) is 13.8 Å². The minimum absolute atomic E-state index is 0.236. The summed E-state index contributed by atoms with van der Waals surface area (Å²) >= 11 is 0. The highest BCUT2D eigenvalue weighted by atomic mass is 16.2. The lowest BCUT2D eigenvalue weighted by molar-refractivity contribution is -0.113. The van der Waals surface area contributed by atoms with Crippen molar-refractivity contribution in [2.45, 2.75) is 26.8 Å². The zero-order valence-electron chi connectivity index (χ0n) is 16.7. The Morgan fingerprint density at radius 3 is 2.52 bits per heavy atom. The van der Waals surface area contributed by atoms with Crippen molar-refractivity contribution in [3.63, 3.8) is 0 Å². The van der Waals surface area contributed by atoms with E-state index in [0.29, 0.717) is 11.3 Å². The summed E-state index contributed by atoms with van der Waals surface area (Å²) in [4.78, 5) is 25.5. The molecule has 1 heterocycles. The SMILES string of the molecule is CC1=C(C(=O)Nc2ccc(C)cc2C)[C@@H](c2cccc3ccccc23)NC(=O)N1. The van der Waals surface area contributed by atoms with Gasteiger partial charge >= 0.3 is 6.03 Å². The van der Waals surface area contributed by atoms with E-state index in [4.69, 9.17) is 0 Å². The van der Waals surface area contributed by atoms with Crippen LogP contribution < -0.4 is 16.0 Å². The molecule has 3 aromatic rings. The first-order valence-electron chi connectivity index (χ1n) is 9.58. The number of aryl methyl sites for hydroxylation is 2. The maximum Gasteiger partial charge on any atom is 0.319 e. The van der Waals surface area contributed by atoms with Crippen LogP contribution >= 0.6 is 0 Å². The van der Waals surface area contributed by atoms with E-state index in [1.54, 1.807) is 6.92 Å². The molecule has 3 aromatic carbocycles. The van der Waals surface area contributed by atoms with Crippen molar-refractivity contribution in [1.82, 2.24) is 10.6 Å². The van der Waals surface area contributed by atoms with Gasteiger partial charge in [-0.25, -0.2) is 4.79 Å². The van der Waals surface area contributed by atoms with Crippen LogP contribution in [0.2, 0.25) is 0 Å². The Morgan fingerprint density at radius 1 is 0.966 bits per heavy atom. The predicted molar refractivity (Wildman–Crippen MR) is 116 cm³/mol. The fraction of sp³-hybridized carbons (Fsp3) is 0.167. The molecule has 0 saturated heterocycles. The summed E-state index contributed by atoms with van der Waals surface area (Å²) in [5.41, 5.74) is 4.83. The van der Waals surface area contributed by atoms with Crippen LogP contribution in [-0.2, 0) is 4.79 Å². The highest BCUT2D eigenvalue weighted by Crippen LogP contribution is 2.32. The molecule has 0 fully saturated rings. The molecular weight excluding hydrogens is 362 g/mol. The minimum atomic E-state index is -0.541. The number of rotatable bonds is 3. The largest absolute Gasteiger partial charge is 0.327 e. The van der Waals surface area contributed by atoms with Gasteiger partial charge in [0.1, 0.15) is 0 Å². The molecule has 0 unspecified atom stereocenters. The van der Waals surface area contributed by atoms with Gasteiger partial charge in [0.2, 0.25) is 0 Å². The Morgan fingerprint density at radius 2 is 1.72 bits per heavy atom. The molecule has 1 atom stereocenters. The minimum Gasteiger partial charge on any atom is -0.327 e. The Hall–Kier alpha value is -3.60. The van der Waals surface area contributed by atoms with Gasteiger partial charge in [-0.15, -0.1) is 0 Å². The first kappa shape index (κ1) is 18.7. The average Bonchev–Trinajstić information content (AvgIpc) is 2.69. The number of fused-ring (bicyclic) bond motifs is 1. The maximum atomic E-state index is 13.3. The molecule has 5 nitrogen and oxygen atoms in total. The fourth-order valence-electron chi connectivity index (χ4n) is 3.87. The van der Waals surface area contributed by atoms with Crippen molar-refractivity contribution in [1.29, 1.82) is 0 Å². The number of nitrogens with one attached hydrogen (secondary N) is 3. The van der Waals surface area contributed by atoms with E-state index in [2.05, 4.69) is 16.0 Å². The first-order chi connectivity index (χ1) is 13.9. The zero-order valence-corrected chi connectivity index (χ0v) is 16.7. The van der Waals surface area contributed by atoms with Gasteiger partial charge in [0, 0.05) is 11.4 Å². The zero-order chi connectivity index (χ0) is 20.5. The standard InChI is InChI=1S/C24H23N3O2/c1-14-11-12-20(15(2)13-14)26-23(28)21-16(3)25-24(29)27-22(21)19-10-6-8-17-7-4-5-9-18(17)19/h4-13,22H,1-3H3,(H,26,28)(H2,25,27,29)/t22-/m1/s1. The number of allylic oxidation sites excluding steroid dienone is 1. The summed E-state index contributed by atoms with van der Waals surface area (Å²) in [7, 11) is 0. The Labute approximate surface area is 169 Å². The molecule has 146 valence electrons. The number of hydrogen-bond donors (Lipinski definition) is 3. The molecule has 5 heteroatoms. The predicted octanol–water partition coefficient (Wildman–Crippen LogP) is 4.72. The number of urea groups is 1. The highest BCUT2D eigenvalue weighted by Gasteiger charge is 2.32. The van der Waals surface area contributed by atoms with E-state index in [0.717, 1.165) is 33.2 Å². The molecule has 1 aliphatic rings. The summed E-state index contributed by atoms with van der Waals surface area (Å²) < 4.78 is 0. The summed E-state index contributed by atoms with van der Waals surface area (Å²) in [6, 6.07) is 18.9. The van der Waals surface area contributed by atoms with E-state index in [1.165, 1.54) is 0 Å². The van der Waals surface area contributed by atoms with E-state index >= 15 is 0 Å². The Bertz CT molecular complexity index is 1160. The molecular formula is C24H23N3O2. The van der Waals surface area contributed by atoms with Crippen molar-refractivity contribution >= 4 is 28.4 Å². The van der Waals surface area contributed by atoms with Crippen molar-refractivity contribution in [3.05, 3.63) is 88.6 Å². The maximum absolute atomic E-state index is 13.3. The van der Waals surface area contributed by atoms with Crippen LogP contribution in [0.5, 0.6) is 0 Å². The summed E-state index contributed by atoms with van der Waals surface area (Å²) in [6.45, 7) is 5.74. The smallest absolute Gasteiger partial charge is 0.319 e. The molecule has 1 aliphatic heterocycles. The van der Waals surface area contributed by atoms with Crippen molar-refractivity contribution in [2.75, 3.05) is 5.32 Å². The van der Waals surface area contributed by atoms with Crippen LogP contribution in [0.15, 0.2) is 71.9 Å². The van der Waals surface area contributed by atoms with Gasteiger partial charge < -0.3 is 16.0 Å². The van der Waals surface area contributed by atoms with Gasteiger partial charge in [-0.3, -0.25) is 4.79 Å². The normalized spacial score (nSPS) is 16.4. The van der Waals surface area contributed by atoms with Crippen molar-refractivity contribution < 1.29 is 9.59 Å². The van der Waals surface area contributed by atoms with E-state index < -0.39 is 6.04 Å². The summed E-state index contributed by atoms with van der Waals surface area (Å²) in [5, 5.41) is 10.7. The molecule has 3 N–H and O–H groups in total. The second-order valence-corrected chi connectivity index (χ2v) is 7.41.